The normalized spacial score (nSPS) is 13.9. The lowest BCUT2D eigenvalue weighted by atomic mass is 9.83. The van der Waals surface area contributed by atoms with E-state index in [0.717, 1.165) is 28.1 Å². The van der Waals surface area contributed by atoms with E-state index in [1.165, 1.54) is 32.6 Å². The van der Waals surface area contributed by atoms with Gasteiger partial charge in [-0.05, 0) is 41.8 Å². The first-order chi connectivity index (χ1) is 19.3. The summed E-state index contributed by atoms with van der Waals surface area (Å²) in [5, 5.41) is 4.89. The zero-order valence-electron chi connectivity index (χ0n) is 21.3. The summed E-state index contributed by atoms with van der Waals surface area (Å²) in [6.45, 7) is 0. The summed E-state index contributed by atoms with van der Waals surface area (Å²) in [5.74, 6) is 0.884. The number of hydrogen-bond acceptors (Lipinski definition) is 1. The van der Waals surface area contributed by atoms with E-state index in [2.05, 4.69) is 156 Å². The maximum atomic E-state index is 7.07. The van der Waals surface area contributed by atoms with Crippen LogP contribution in [0.15, 0.2) is 146 Å². The lowest BCUT2D eigenvalue weighted by Gasteiger charge is -2.36. The van der Waals surface area contributed by atoms with Crippen LogP contribution in [-0.2, 0) is 5.60 Å². The number of fused-ring (bicyclic) bond motifs is 7. The molecule has 39 heavy (non-hydrogen) atoms. The molecule has 0 saturated carbocycles. The van der Waals surface area contributed by atoms with Crippen LogP contribution in [0.5, 0.6) is 5.75 Å². The van der Waals surface area contributed by atoms with Crippen molar-refractivity contribution in [2.24, 2.45) is 0 Å². The average Bonchev–Trinajstić information content (AvgIpc) is 3.36. The highest BCUT2D eigenvalue weighted by atomic mass is 16.5. The minimum atomic E-state index is -0.705. The Kier molecular flexibility index (Phi) is 4.77. The van der Waals surface area contributed by atoms with E-state index in [0.29, 0.717) is 0 Å². The van der Waals surface area contributed by atoms with Crippen LogP contribution in [0, 0.1) is 0 Å². The molecule has 2 heterocycles. The number of para-hydroxylation sites is 2. The highest BCUT2D eigenvalue weighted by Crippen LogP contribution is 2.46. The van der Waals surface area contributed by atoms with Crippen molar-refractivity contribution in [2.45, 2.75) is 5.60 Å². The van der Waals surface area contributed by atoms with Crippen molar-refractivity contribution in [1.29, 1.82) is 0 Å². The summed E-state index contributed by atoms with van der Waals surface area (Å²) >= 11 is 0. The Labute approximate surface area is 227 Å². The molecule has 7 aromatic rings. The highest BCUT2D eigenvalue weighted by molar-refractivity contribution is 6.20. The Morgan fingerprint density at radius 3 is 1.87 bits per heavy atom. The van der Waals surface area contributed by atoms with Gasteiger partial charge in [-0.2, -0.15) is 0 Å². The summed E-state index contributed by atoms with van der Waals surface area (Å²) in [5.41, 5.74) is 6.18. The van der Waals surface area contributed by atoms with E-state index in [1.807, 2.05) is 0 Å². The van der Waals surface area contributed by atoms with Crippen LogP contribution in [0.2, 0.25) is 0 Å². The molecule has 0 unspecified atom stereocenters. The number of aromatic nitrogens is 1. The highest BCUT2D eigenvalue weighted by Gasteiger charge is 2.37. The molecule has 0 aliphatic carbocycles. The van der Waals surface area contributed by atoms with Crippen LogP contribution in [0.25, 0.3) is 44.3 Å². The fourth-order valence-electron chi connectivity index (χ4n) is 6.23. The number of hydrogen-bond donors (Lipinski definition) is 0. The predicted molar refractivity (Wildman–Crippen MR) is 162 cm³/mol. The Morgan fingerprint density at radius 2 is 1.15 bits per heavy atom. The third-order valence-electron chi connectivity index (χ3n) is 7.99. The molecular weight excluding hydrogens is 474 g/mol. The van der Waals surface area contributed by atoms with Crippen molar-refractivity contribution >= 4 is 38.7 Å². The fraction of sp³-hybridized carbons (Fsp3) is 0.0270. The minimum Gasteiger partial charge on any atom is -0.473 e. The summed E-state index contributed by atoms with van der Waals surface area (Å²) in [6.07, 6.45) is 4.50. The lowest BCUT2D eigenvalue weighted by Crippen LogP contribution is -2.34. The van der Waals surface area contributed by atoms with Gasteiger partial charge in [-0.15, -0.1) is 0 Å². The van der Waals surface area contributed by atoms with Gasteiger partial charge in [0, 0.05) is 38.5 Å². The second kappa shape index (κ2) is 8.47. The first-order valence-electron chi connectivity index (χ1n) is 13.4. The van der Waals surface area contributed by atoms with Crippen LogP contribution < -0.4 is 4.74 Å². The number of rotatable bonds is 3. The van der Waals surface area contributed by atoms with Crippen LogP contribution in [0.4, 0.5) is 0 Å². The standard InChI is InChI=1S/C37H25NO/c1-4-12-27(13-5-1)37(28-14-6-2-7-15-28)25-24-32-34(39-37)23-21-26-20-22-31-30-18-10-11-19-33(30)38(36(31)35(26)32)29-16-8-3-9-17-29/h1-25H. The van der Waals surface area contributed by atoms with Gasteiger partial charge < -0.3 is 9.30 Å². The monoisotopic (exact) mass is 499 g/mol. The average molecular weight is 500 g/mol. The third-order valence-corrected chi connectivity index (χ3v) is 7.99. The maximum Gasteiger partial charge on any atom is 0.178 e. The van der Waals surface area contributed by atoms with Gasteiger partial charge in [-0.25, -0.2) is 0 Å². The lowest BCUT2D eigenvalue weighted by molar-refractivity contribution is 0.161. The molecule has 1 aliphatic rings. The Morgan fingerprint density at radius 1 is 0.538 bits per heavy atom. The molecule has 0 radical (unpaired) electrons. The van der Waals surface area contributed by atoms with E-state index in [9.17, 15) is 0 Å². The van der Waals surface area contributed by atoms with Gasteiger partial charge in [-0.1, -0.05) is 115 Å². The van der Waals surface area contributed by atoms with Crippen LogP contribution in [0.1, 0.15) is 16.7 Å². The molecule has 0 saturated heterocycles. The molecule has 1 aromatic heterocycles. The van der Waals surface area contributed by atoms with Crippen molar-refractivity contribution in [1.82, 2.24) is 4.57 Å². The molecule has 6 aromatic carbocycles. The fourth-order valence-corrected chi connectivity index (χ4v) is 6.23. The van der Waals surface area contributed by atoms with E-state index in [-0.39, 0.29) is 0 Å². The van der Waals surface area contributed by atoms with Crippen molar-refractivity contribution in [3.63, 3.8) is 0 Å². The van der Waals surface area contributed by atoms with Crippen LogP contribution in [0.3, 0.4) is 0 Å². The molecule has 2 nitrogen and oxygen atoms in total. The zero-order chi connectivity index (χ0) is 25.8. The Bertz CT molecular complexity index is 1980. The van der Waals surface area contributed by atoms with Gasteiger partial charge in [0.25, 0.3) is 0 Å². The quantitative estimate of drug-likeness (QED) is 0.236. The van der Waals surface area contributed by atoms with Crippen molar-refractivity contribution < 1.29 is 4.74 Å². The molecular formula is C37H25NO. The van der Waals surface area contributed by atoms with Gasteiger partial charge in [-0.3, -0.25) is 0 Å². The second-order valence-electron chi connectivity index (χ2n) is 10.1. The van der Waals surface area contributed by atoms with Crippen molar-refractivity contribution in [2.75, 3.05) is 0 Å². The Hall–Kier alpha value is -5.08. The number of benzene rings is 6. The molecule has 0 bridgehead atoms. The SMILES string of the molecule is C1=CC(c2ccccc2)(c2ccccc2)Oc2ccc3ccc4c5ccccc5n(-c5ccccc5)c4c3c21. The van der Waals surface area contributed by atoms with Crippen LogP contribution in [-0.4, -0.2) is 4.57 Å². The Balaban J connectivity index is 1.46. The summed E-state index contributed by atoms with van der Waals surface area (Å²) in [7, 11) is 0. The third kappa shape index (κ3) is 3.22. The molecule has 0 atom stereocenters. The van der Waals surface area contributed by atoms with E-state index in [1.54, 1.807) is 0 Å². The number of ether oxygens (including phenoxy) is 1. The van der Waals surface area contributed by atoms with E-state index < -0.39 is 5.60 Å². The van der Waals surface area contributed by atoms with E-state index >= 15 is 0 Å². The summed E-state index contributed by atoms with van der Waals surface area (Å²) < 4.78 is 9.47. The van der Waals surface area contributed by atoms with Gasteiger partial charge >= 0.3 is 0 Å². The van der Waals surface area contributed by atoms with Gasteiger partial charge in [0.15, 0.2) is 5.60 Å². The summed E-state index contributed by atoms with van der Waals surface area (Å²) in [4.78, 5) is 0. The summed E-state index contributed by atoms with van der Waals surface area (Å²) in [6, 6.07) is 49.2. The molecule has 0 fully saturated rings. The van der Waals surface area contributed by atoms with Gasteiger partial charge in [0.2, 0.25) is 0 Å². The molecule has 184 valence electrons. The molecule has 8 rings (SSSR count). The van der Waals surface area contributed by atoms with Crippen LogP contribution >= 0.6 is 0 Å². The van der Waals surface area contributed by atoms with Gasteiger partial charge in [0.1, 0.15) is 5.75 Å². The largest absolute Gasteiger partial charge is 0.473 e. The molecule has 1 aliphatic heterocycles. The number of nitrogens with zero attached hydrogens (tertiary/aromatic N) is 1. The van der Waals surface area contributed by atoms with E-state index in [4.69, 9.17) is 4.74 Å². The van der Waals surface area contributed by atoms with Crippen molar-refractivity contribution in [3.05, 3.63) is 162 Å². The zero-order valence-corrected chi connectivity index (χ0v) is 21.3. The smallest absolute Gasteiger partial charge is 0.178 e. The topological polar surface area (TPSA) is 14.2 Å². The predicted octanol–water partition coefficient (Wildman–Crippen LogP) is 9.29. The second-order valence-corrected chi connectivity index (χ2v) is 10.1. The molecule has 2 heteroatoms. The first kappa shape index (κ1) is 22.0. The minimum absolute atomic E-state index is 0.705. The van der Waals surface area contributed by atoms with Gasteiger partial charge in [0.05, 0.1) is 11.0 Å². The molecule has 0 N–H and O–H groups in total. The first-order valence-corrected chi connectivity index (χ1v) is 13.4. The maximum absolute atomic E-state index is 7.07. The van der Waals surface area contributed by atoms with Crippen molar-refractivity contribution in [3.8, 4) is 11.4 Å². The molecule has 0 spiro atoms. The molecule has 0 amide bonds.